The smallest absolute Gasteiger partial charge is 0.0750 e. The normalized spacial score (nSPS) is 18.8. The molecule has 0 aromatic carbocycles. The van der Waals surface area contributed by atoms with Crippen LogP contribution < -0.4 is 5.73 Å². The van der Waals surface area contributed by atoms with E-state index in [1.54, 1.807) is 0 Å². The molecule has 0 saturated carbocycles. The van der Waals surface area contributed by atoms with Crippen molar-refractivity contribution in [3.63, 3.8) is 0 Å². The average Bonchev–Trinajstić information content (AvgIpc) is 2.14. The Bertz CT molecular complexity index is 158. The second kappa shape index (κ2) is 6.29. The van der Waals surface area contributed by atoms with Crippen LogP contribution in [0.2, 0.25) is 0 Å². The zero-order chi connectivity index (χ0) is 9.52. The number of hydrogen-bond donors (Lipinski definition) is 1. The molecule has 0 radical (unpaired) electrons. The summed E-state index contributed by atoms with van der Waals surface area (Å²) < 4.78 is 10.7. The molecule has 1 aliphatic heterocycles. The van der Waals surface area contributed by atoms with Crippen molar-refractivity contribution < 1.29 is 9.47 Å². The molecule has 0 bridgehead atoms. The predicted molar refractivity (Wildman–Crippen MR) is 55.8 cm³/mol. The number of nitrogens with two attached hydrogens (primary N) is 1. The second-order valence-electron chi connectivity index (χ2n) is 3.35. The summed E-state index contributed by atoms with van der Waals surface area (Å²) in [7, 11) is 0. The van der Waals surface area contributed by atoms with E-state index in [1.165, 1.54) is 0 Å². The molecule has 1 rings (SSSR count). The van der Waals surface area contributed by atoms with Crippen LogP contribution in [0.1, 0.15) is 19.3 Å². The third kappa shape index (κ3) is 5.18. The summed E-state index contributed by atoms with van der Waals surface area (Å²) in [6, 6.07) is 0. The van der Waals surface area contributed by atoms with Gasteiger partial charge in [0, 0.05) is 26.2 Å². The molecule has 0 amide bonds. The Morgan fingerprint density at radius 1 is 1.46 bits per heavy atom. The van der Waals surface area contributed by atoms with Crippen molar-refractivity contribution in [1.29, 1.82) is 0 Å². The first kappa shape index (κ1) is 10.9. The maximum absolute atomic E-state index is 5.46. The second-order valence-corrected chi connectivity index (χ2v) is 3.87. The largest absolute Gasteiger partial charge is 0.393 e. The highest BCUT2D eigenvalue weighted by molar-refractivity contribution is 7.80. The van der Waals surface area contributed by atoms with Gasteiger partial charge < -0.3 is 15.2 Å². The SMILES string of the molecule is NC(=S)CCOCC1CCOCC1. The fourth-order valence-corrected chi connectivity index (χ4v) is 1.42. The first-order valence-electron chi connectivity index (χ1n) is 4.73. The summed E-state index contributed by atoms with van der Waals surface area (Å²) in [5.74, 6) is 0.667. The Hall–Kier alpha value is -0.190. The zero-order valence-electron chi connectivity index (χ0n) is 7.83. The minimum atomic E-state index is 0.534. The lowest BCUT2D eigenvalue weighted by Crippen LogP contribution is -2.21. The number of thiocarbonyl (C=S) groups is 1. The molecule has 4 heteroatoms. The molecule has 0 spiro atoms. The van der Waals surface area contributed by atoms with Crippen molar-refractivity contribution in [2.45, 2.75) is 19.3 Å². The maximum Gasteiger partial charge on any atom is 0.0750 e. The van der Waals surface area contributed by atoms with Crippen molar-refractivity contribution in [2.24, 2.45) is 11.7 Å². The quantitative estimate of drug-likeness (QED) is 0.537. The van der Waals surface area contributed by atoms with Gasteiger partial charge in [0.15, 0.2) is 0 Å². The van der Waals surface area contributed by atoms with Gasteiger partial charge in [-0.15, -0.1) is 0 Å². The van der Waals surface area contributed by atoms with Crippen LogP contribution in [0.5, 0.6) is 0 Å². The zero-order valence-corrected chi connectivity index (χ0v) is 8.65. The van der Waals surface area contributed by atoms with E-state index in [2.05, 4.69) is 0 Å². The van der Waals surface area contributed by atoms with Crippen LogP contribution in [0, 0.1) is 5.92 Å². The molecule has 1 aliphatic rings. The van der Waals surface area contributed by atoms with E-state index in [0.29, 0.717) is 23.9 Å². The Kier molecular flexibility index (Phi) is 5.27. The molecule has 0 atom stereocenters. The molecule has 3 nitrogen and oxygen atoms in total. The van der Waals surface area contributed by atoms with E-state index in [4.69, 9.17) is 27.4 Å². The van der Waals surface area contributed by atoms with Crippen molar-refractivity contribution in [2.75, 3.05) is 26.4 Å². The monoisotopic (exact) mass is 203 g/mol. The van der Waals surface area contributed by atoms with E-state index in [-0.39, 0.29) is 0 Å². The molecule has 13 heavy (non-hydrogen) atoms. The van der Waals surface area contributed by atoms with Crippen LogP contribution in [0.4, 0.5) is 0 Å². The molecular weight excluding hydrogens is 186 g/mol. The summed E-state index contributed by atoms with van der Waals surface area (Å²) in [5, 5.41) is 0. The van der Waals surface area contributed by atoms with Gasteiger partial charge in [-0.2, -0.15) is 0 Å². The Balaban J connectivity index is 1.95. The van der Waals surface area contributed by atoms with E-state index in [0.717, 1.165) is 32.7 Å². The minimum absolute atomic E-state index is 0.534. The Morgan fingerprint density at radius 2 is 2.15 bits per heavy atom. The lowest BCUT2D eigenvalue weighted by atomic mass is 10.0. The summed E-state index contributed by atoms with van der Waals surface area (Å²) in [5.41, 5.74) is 5.34. The van der Waals surface area contributed by atoms with Gasteiger partial charge in [0.1, 0.15) is 0 Å². The highest BCUT2D eigenvalue weighted by Gasteiger charge is 2.13. The third-order valence-corrected chi connectivity index (χ3v) is 2.39. The van der Waals surface area contributed by atoms with Gasteiger partial charge in [0.2, 0.25) is 0 Å². The highest BCUT2D eigenvalue weighted by Crippen LogP contribution is 2.14. The van der Waals surface area contributed by atoms with Crippen molar-refractivity contribution in [3.8, 4) is 0 Å². The standard InChI is InChI=1S/C9H17NO2S/c10-9(13)3-6-12-7-8-1-4-11-5-2-8/h8H,1-7H2,(H2,10,13). The Morgan fingerprint density at radius 3 is 2.77 bits per heavy atom. The number of ether oxygens (including phenoxy) is 2. The minimum Gasteiger partial charge on any atom is -0.393 e. The van der Waals surface area contributed by atoms with Crippen LogP contribution in [0.15, 0.2) is 0 Å². The van der Waals surface area contributed by atoms with Crippen LogP contribution in [-0.2, 0) is 9.47 Å². The lowest BCUT2D eigenvalue weighted by Gasteiger charge is -2.21. The third-order valence-electron chi connectivity index (χ3n) is 2.19. The van der Waals surface area contributed by atoms with Crippen LogP contribution in [0.3, 0.4) is 0 Å². The van der Waals surface area contributed by atoms with Crippen LogP contribution >= 0.6 is 12.2 Å². The van der Waals surface area contributed by atoms with E-state index in [9.17, 15) is 0 Å². The van der Waals surface area contributed by atoms with E-state index >= 15 is 0 Å². The van der Waals surface area contributed by atoms with Crippen molar-refractivity contribution in [1.82, 2.24) is 0 Å². The van der Waals surface area contributed by atoms with Gasteiger partial charge in [-0.3, -0.25) is 0 Å². The first-order valence-corrected chi connectivity index (χ1v) is 5.13. The van der Waals surface area contributed by atoms with Gasteiger partial charge >= 0.3 is 0 Å². The number of hydrogen-bond acceptors (Lipinski definition) is 3. The fraction of sp³-hybridized carbons (Fsp3) is 0.889. The first-order chi connectivity index (χ1) is 6.29. The van der Waals surface area contributed by atoms with Crippen LogP contribution in [0.25, 0.3) is 0 Å². The maximum atomic E-state index is 5.46. The molecule has 2 N–H and O–H groups in total. The van der Waals surface area contributed by atoms with E-state index < -0.39 is 0 Å². The van der Waals surface area contributed by atoms with E-state index in [1.807, 2.05) is 0 Å². The predicted octanol–water partition coefficient (Wildman–Crippen LogP) is 1.11. The number of rotatable bonds is 5. The topological polar surface area (TPSA) is 44.5 Å². The molecule has 76 valence electrons. The highest BCUT2D eigenvalue weighted by atomic mass is 32.1. The average molecular weight is 203 g/mol. The molecule has 0 aliphatic carbocycles. The van der Waals surface area contributed by atoms with Crippen LogP contribution in [-0.4, -0.2) is 31.4 Å². The van der Waals surface area contributed by atoms with Gasteiger partial charge in [-0.1, -0.05) is 12.2 Å². The molecule has 0 unspecified atom stereocenters. The Labute approximate surface area is 84.6 Å². The lowest BCUT2D eigenvalue weighted by molar-refractivity contribution is 0.0223. The summed E-state index contributed by atoms with van der Waals surface area (Å²) in [6.45, 7) is 3.24. The molecule has 1 fully saturated rings. The van der Waals surface area contributed by atoms with Gasteiger partial charge in [-0.05, 0) is 18.8 Å². The molecule has 1 heterocycles. The van der Waals surface area contributed by atoms with Gasteiger partial charge in [0.25, 0.3) is 0 Å². The summed E-state index contributed by atoms with van der Waals surface area (Å²) >= 11 is 4.74. The fourth-order valence-electron chi connectivity index (χ4n) is 1.34. The summed E-state index contributed by atoms with van der Waals surface area (Å²) in [4.78, 5) is 0.534. The molecular formula is C9H17NO2S. The van der Waals surface area contributed by atoms with Gasteiger partial charge in [0.05, 0.1) is 11.6 Å². The summed E-state index contributed by atoms with van der Waals surface area (Å²) in [6.07, 6.45) is 2.93. The van der Waals surface area contributed by atoms with Gasteiger partial charge in [-0.25, -0.2) is 0 Å². The molecule has 1 saturated heterocycles. The van der Waals surface area contributed by atoms with Crippen molar-refractivity contribution >= 4 is 17.2 Å². The van der Waals surface area contributed by atoms with Crippen molar-refractivity contribution in [3.05, 3.63) is 0 Å². The molecule has 0 aromatic heterocycles. The molecule has 0 aromatic rings.